The molecule has 0 aromatic heterocycles. The smallest absolute Gasteiger partial charge is 0.263 e. The van der Waals surface area contributed by atoms with E-state index in [9.17, 15) is 13.2 Å². The Hall–Kier alpha value is -1.89. The van der Waals surface area contributed by atoms with E-state index in [1.807, 2.05) is 0 Å². The minimum absolute atomic E-state index is 0.0668. The standard InChI is InChI=1S/C12H13N3O3S/c16-11(14-8-5-6-8)7-13-12-9-3-1-2-4-10(9)19(17,18)15-12/h1-4,8H,5-7H2,(H,13,15)(H,14,16). The first-order valence-electron chi connectivity index (χ1n) is 6.02. The molecule has 1 aliphatic heterocycles. The molecule has 2 aliphatic rings. The zero-order valence-corrected chi connectivity index (χ0v) is 10.9. The van der Waals surface area contributed by atoms with Crippen molar-refractivity contribution in [2.24, 2.45) is 4.99 Å². The van der Waals surface area contributed by atoms with E-state index in [4.69, 9.17) is 0 Å². The van der Waals surface area contributed by atoms with E-state index in [2.05, 4.69) is 15.0 Å². The lowest BCUT2D eigenvalue weighted by Gasteiger charge is -2.01. The van der Waals surface area contributed by atoms with Crippen LogP contribution in [0.25, 0.3) is 0 Å². The van der Waals surface area contributed by atoms with Crippen molar-refractivity contribution in [1.29, 1.82) is 0 Å². The molecule has 1 aromatic rings. The number of aliphatic imine (C=N–C) groups is 1. The molecule has 0 unspecified atom stereocenters. The Morgan fingerprint density at radius 2 is 2.11 bits per heavy atom. The molecule has 6 nitrogen and oxygen atoms in total. The number of sulfonamides is 1. The number of hydrogen-bond acceptors (Lipinski definition) is 4. The number of carbonyl (C=O) groups excluding carboxylic acids is 1. The largest absolute Gasteiger partial charge is 0.352 e. The number of hydrogen-bond donors (Lipinski definition) is 2. The zero-order chi connectivity index (χ0) is 13.5. The van der Waals surface area contributed by atoms with Gasteiger partial charge >= 0.3 is 0 Å². The molecule has 0 radical (unpaired) electrons. The van der Waals surface area contributed by atoms with Crippen LogP contribution in [0.15, 0.2) is 34.2 Å². The van der Waals surface area contributed by atoms with Crippen molar-refractivity contribution in [3.05, 3.63) is 29.8 Å². The molecule has 1 aromatic carbocycles. The van der Waals surface area contributed by atoms with Crippen LogP contribution < -0.4 is 10.0 Å². The molecule has 0 spiro atoms. The third kappa shape index (κ3) is 2.46. The van der Waals surface area contributed by atoms with E-state index in [-0.39, 0.29) is 29.2 Å². The second-order valence-electron chi connectivity index (χ2n) is 4.61. The Morgan fingerprint density at radius 3 is 2.84 bits per heavy atom. The Kier molecular flexibility index (Phi) is 2.78. The third-order valence-electron chi connectivity index (χ3n) is 2.99. The molecule has 7 heteroatoms. The molecule has 100 valence electrons. The lowest BCUT2D eigenvalue weighted by atomic mass is 10.2. The summed E-state index contributed by atoms with van der Waals surface area (Å²) in [5.74, 6) is 0.0557. The van der Waals surface area contributed by atoms with E-state index < -0.39 is 10.0 Å². The number of fused-ring (bicyclic) bond motifs is 1. The number of amides is 1. The Balaban J connectivity index is 1.80. The molecule has 0 atom stereocenters. The Labute approximate surface area is 111 Å². The Morgan fingerprint density at radius 1 is 1.37 bits per heavy atom. The predicted molar refractivity (Wildman–Crippen MR) is 69.3 cm³/mol. The fraction of sp³-hybridized carbons (Fsp3) is 0.333. The van der Waals surface area contributed by atoms with Gasteiger partial charge in [-0.25, -0.2) is 8.42 Å². The SMILES string of the molecule is O=C(CN=C1NS(=O)(=O)c2ccccc21)NC1CC1. The van der Waals surface area contributed by atoms with Gasteiger partial charge in [-0.1, -0.05) is 12.1 Å². The van der Waals surface area contributed by atoms with Crippen molar-refractivity contribution < 1.29 is 13.2 Å². The van der Waals surface area contributed by atoms with Crippen LogP contribution in [-0.2, 0) is 14.8 Å². The van der Waals surface area contributed by atoms with Gasteiger partial charge in [-0.15, -0.1) is 0 Å². The summed E-state index contributed by atoms with van der Waals surface area (Å²) in [5, 5.41) is 2.80. The van der Waals surface area contributed by atoms with Crippen LogP contribution in [0.2, 0.25) is 0 Å². The van der Waals surface area contributed by atoms with Crippen LogP contribution in [0, 0.1) is 0 Å². The van der Waals surface area contributed by atoms with Crippen molar-refractivity contribution in [1.82, 2.24) is 10.0 Å². The number of benzene rings is 1. The third-order valence-corrected chi connectivity index (χ3v) is 4.38. The van der Waals surface area contributed by atoms with Gasteiger partial charge in [0.1, 0.15) is 12.4 Å². The second kappa shape index (κ2) is 4.34. The van der Waals surface area contributed by atoms with Gasteiger partial charge in [0.05, 0.1) is 4.90 Å². The van der Waals surface area contributed by atoms with E-state index in [0.29, 0.717) is 5.56 Å². The highest BCUT2D eigenvalue weighted by atomic mass is 32.2. The normalized spacial score (nSPS) is 21.8. The molecule has 1 fully saturated rings. The van der Waals surface area contributed by atoms with Crippen molar-refractivity contribution in [3.63, 3.8) is 0 Å². The van der Waals surface area contributed by atoms with Gasteiger partial charge < -0.3 is 5.32 Å². The van der Waals surface area contributed by atoms with E-state index in [1.54, 1.807) is 18.2 Å². The molecule has 0 saturated heterocycles. The lowest BCUT2D eigenvalue weighted by Crippen LogP contribution is -2.29. The van der Waals surface area contributed by atoms with Crippen molar-refractivity contribution in [2.45, 2.75) is 23.8 Å². The summed E-state index contributed by atoms with van der Waals surface area (Å²) >= 11 is 0. The topological polar surface area (TPSA) is 87.6 Å². The molecule has 1 aliphatic carbocycles. The summed E-state index contributed by atoms with van der Waals surface area (Å²) in [5.41, 5.74) is 0.515. The number of amidine groups is 1. The average molecular weight is 279 g/mol. The highest BCUT2D eigenvalue weighted by molar-refractivity contribution is 7.90. The molecule has 1 amide bonds. The summed E-state index contributed by atoms with van der Waals surface area (Å²) < 4.78 is 26.0. The molecule has 2 N–H and O–H groups in total. The molecule has 0 bridgehead atoms. The van der Waals surface area contributed by atoms with Crippen molar-refractivity contribution in [3.8, 4) is 0 Å². The summed E-state index contributed by atoms with van der Waals surface area (Å²) in [7, 11) is -3.53. The highest BCUT2D eigenvalue weighted by Gasteiger charge is 2.30. The first-order valence-corrected chi connectivity index (χ1v) is 7.50. The molecule has 1 heterocycles. The first-order chi connectivity index (χ1) is 9.06. The quantitative estimate of drug-likeness (QED) is 0.816. The predicted octanol–water partition coefficient (Wildman–Crippen LogP) is 0.00370. The van der Waals surface area contributed by atoms with Crippen LogP contribution in [0.5, 0.6) is 0 Å². The van der Waals surface area contributed by atoms with Gasteiger partial charge in [0.15, 0.2) is 0 Å². The number of nitrogens with zero attached hydrogens (tertiary/aromatic N) is 1. The first kappa shape index (κ1) is 12.2. The van der Waals surface area contributed by atoms with Gasteiger partial charge in [-0.2, -0.15) is 0 Å². The number of nitrogens with one attached hydrogen (secondary N) is 2. The monoisotopic (exact) mass is 279 g/mol. The van der Waals surface area contributed by atoms with Gasteiger partial charge in [-0.3, -0.25) is 14.5 Å². The molecule has 19 heavy (non-hydrogen) atoms. The zero-order valence-electron chi connectivity index (χ0n) is 10.1. The van der Waals surface area contributed by atoms with Crippen LogP contribution in [-0.4, -0.2) is 32.7 Å². The van der Waals surface area contributed by atoms with Crippen LogP contribution in [0.1, 0.15) is 18.4 Å². The average Bonchev–Trinajstić information content (AvgIpc) is 3.14. The van der Waals surface area contributed by atoms with Crippen molar-refractivity contribution in [2.75, 3.05) is 6.54 Å². The maximum atomic E-state index is 11.8. The van der Waals surface area contributed by atoms with Crippen LogP contribution >= 0.6 is 0 Å². The molecule has 3 rings (SSSR count). The maximum absolute atomic E-state index is 11.8. The molecular weight excluding hydrogens is 266 g/mol. The van der Waals surface area contributed by atoms with E-state index >= 15 is 0 Å². The van der Waals surface area contributed by atoms with Gasteiger partial charge in [-0.05, 0) is 25.0 Å². The Bertz CT molecular complexity index is 663. The minimum atomic E-state index is -3.53. The molecular formula is C12H13N3O3S. The van der Waals surface area contributed by atoms with Crippen LogP contribution in [0.3, 0.4) is 0 Å². The second-order valence-corrected chi connectivity index (χ2v) is 6.26. The summed E-state index contributed by atoms with van der Waals surface area (Å²) in [6.45, 7) is -0.0668. The summed E-state index contributed by atoms with van der Waals surface area (Å²) in [4.78, 5) is 15.8. The minimum Gasteiger partial charge on any atom is -0.352 e. The number of carbonyl (C=O) groups is 1. The fourth-order valence-electron chi connectivity index (χ4n) is 1.90. The van der Waals surface area contributed by atoms with E-state index in [0.717, 1.165) is 12.8 Å². The number of rotatable bonds is 3. The fourth-order valence-corrected chi connectivity index (χ4v) is 3.15. The van der Waals surface area contributed by atoms with E-state index in [1.165, 1.54) is 6.07 Å². The van der Waals surface area contributed by atoms with Gasteiger partial charge in [0.2, 0.25) is 5.91 Å². The molecule has 1 saturated carbocycles. The van der Waals surface area contributed by atoms with Crippen molar-refractivity contribution >= 4 is 21.8 Å². The summed E-state index contributed by atoms with van der Waals surface area (Å²) in [6, 6.07) is 6.86. The van der Waals surface area contributed by atoms with Crippen LogP contribution in [0.4, 0.5) is 0 Å². The summed E-state index contributed by atoms with van der Waals surface area (Å²) in [6.07, 6.45) is 2.02. The van der Waals surface area contributed by atoms with Gasteiger partial charge in [0.25, 0.3) is 10.0 Å². The maximum Gasteiger partial charge on any atom is 0.263 e. The van der Waals surface area contributed by atoms with Gasteiger partial charge in [0, 0.05) is 11.6 Å². The highest BCUT2D eigenvalue weighted by Crippen LogP contribution is 2.22. The lowest BCUT2D eigenvalue weighted by molar-refractivity contribution is -0.119.